The van der Waals surface area contributed by atoms with E-state index >= 15 is 0 Å². The quantitative estimate of drug-likeness (QED) is 0.754. The predicted molar refractivity (Wildman–Crippen MR) is 94.5 cm³/mol. The molecule has 0 aliphatic carbocycles. The number of carboxylic acid groups (broad SMARTS) is 1. The van der Waals surface area contributed by atoms with Gasteiger partial charge in [-0.25, -0.2) is 9.67 Å². The number of primary amides is 1. The Balaban J connectivity index is 0.000000758. The molecule has 3 heterocycles. The molecule has 1 saturated heterocycles. The third-order valence-electron chi connectivity index (χ3n) is 4.00. The summed E-state index contributed by atoms with van der Waals surface area (Å²) in [5.41, 5.74) is 6.12. The number of hydrogen-bond donors (Lipinski definition) is 2. The minimum atomic E-state index is -0.422. The van der Waals surface area contributed by atoms with Crippen molar-refractivity contribution in [2.75, 3.05) is 13.1 Å². The van der Waals surface area contributed by atoms with Crippen LogP contribution in [0.4, 0.5) is 0 Å². The van der Waals surface area contributed by atoms with Crippen molar-refractivity contribution in [2.24, 2.45) is 5.73 Å². The van der Waals surface area contributed by atoms with Crippen LogP contribution >= 0.6 is 0 Å². The predicted octanol–water partition coefficient (Wildman–Crippen LogP) is 0.767. The van der Waals surface area contributed by atoms with Crippen molar-refractivity contribution in [3.05, 3.63) is 36.2 Å². The van der Waals surface area contributed by atoms with E-state index in [9.17, 15) is 4.79 Å². The lowest BCUT2D eigenvalue weighted by atomic mass is 10.2. The van der Waals surface area contributed by atoms with Gasteiger partial charge in [0.2, 0.25) is 5.91 Å². The summed E-state index contributed by atoms with van der Waals surface area (Å²) in [6.45, 7) is 2.62. The highest BCUT2D eigenvalue weighted by Gasteiger charge is 2.17. The van der Waals surface area contributed by atoms with E-state index in [-0.39, 0.29) is 12.9 Å². The fraction of sp³-hybridized carbons (Fsp3) is 0.471. The molecule has 1 amide bonds. The molecule has 0 spiro atoms. The van der Waals surface area contributed by atoms with Crippen LogP contribution in [0.5, 0.6) is 0 Å². The second-order valence-electron chi connectivity index (χ2n) is 6.01. The van der Waals surface area contributed by atoms with Gasteiger partial charge < -0.3 is 10.8 Å². The lowest BCUT2D eigenvalue weighted by molar-refractivity contribution is -0.123. The molecule has 140 valence electrons. The summed E-state index contributed by atoms with van der Waals surface area (Å²) in [6, 6.07) is 3.79. The molecule has 9 nitrogen and oxygen atoms in total. The highest BCUT2D eigenvalue weighted by Crippen LogP contribution is 2.15. The zero-order valence-electron chi connectivity index (χ0n) is 14.6. The van der Waals surface area contributed by atoms with E-state index in [1.165, 1.54) is 25.7 Å². The van der Waals surface area contributed by atoms with Crippen LogP contribution in [-0.2, 0) is 22.6 Å². The van der Waals surface area contributed by atoms with Gasteiger partial charge in [0.1, 0.15) is 5.82 Å². The standard InChI is InChI=1S/C16H22N6O.CH2O2/c17-14(23)10-15-19-16(12-21-8-3-1-2-4-9-21)22(20-15)13-6-5-7-18-11-13;2-1-3/h5-7,11H,1-4,8-10,12H2,(H2,17,23);1H,(H,2,3). The molecule has 0 aromatic carbocycles. The monoisotopic (exact) mass is 360 g/mol. The Bertz CT molecular complexity index is 696. The maximum Gasteiger partial charge on any atom is 0.290 e. The van der Waals surface area contributed by atoms with E-state index in [0.717, 1.165) is 31.1 Å². The van der Waals surface area contributed by atoms with E-state index in [1.807, 2.05) is 12.1 Å². The number of carbonyl (C=O) groups is 2. The second-order valence-corrected chi connectivity index (χ2v) is 6.01. The van der Waals surface area contributed by atoms with Gasteiger partial charge in [-0.05, 0) is 38.1 Å². The molecule has 0 atom stereocenters. The zero-order chi connectivity index (χ0) is 18.8. The number of amides is 1. The lowest BCUT2D eigenvalue weighted by Crippen LogP contribution is -2.26. The van der Waals surface area contributed by atoms with Gasteiger partial charge in [0, 0.05) is 6.20 Å². The van der Waals surface area contributed by atoms with Crippen molar-refractivity contribution in [1.29, 1.82) is 0 Å². The largest absolute Gasteiger partial charge is 0.483 e. The Morgan fingerprint density at radius 3 is 2.54 bits per heavy atom. The number of hydrogen-bond acceptors (Lipinski definition) is 6. The molecule has 0 bridgehead atoms. The van der Waals surface area contributed by atoms with E-state index in [4.69, 9.17) is 15.6 Å². The Morgan fingerprint density at radius 2 is 1.96 bits per heavy atom. The third kappa shape index (κ3) is 5.92. The summed E-state index contributed by atoms with van der Waals surface area (Å²) < 4.78 is 1.77. The highest BCUT2D eigenvalue weighted by molar-refractivity contribution is 5.75. The minimum absolute atomic E-state index is 0.0558. The van der Waals surface area contributed by atoms with Crippen molar-refractivity contribution in [3.8, 4) is 5.69 Å². The van der Waals surface area contributed by atoms with Crippen LogP contribution in [0, 0.1) is 0 Å². The first-order chi connectivity index (χ1) is 12.6. The average molecular weight is 360 g/mol. The van der Waals surface area contributed by atoms with Crippen LogP contribution in [0.1, 0.15) is 37.3 Å². The Labute approximate surface area is 151 Å². The van der Waals surface area contributed by atoms with Gasteiger partial charge in [-0.2, -0.15) is 5.10 Å². The van der Waals surface area contributed by atoms with E-state index < -0.39 is 5.91 Å². The van der Waals surface area contributed by atoms with Gasteiger partial charge in [-0.3, -0.25) is 19.5 Å². The molecule has 26 heavy (non-hydrogen) atoms. The van der Waals surface area contributed by atoms with Crippen molar-refractivity contribution < 1.29 is 14.7 Å². The molecule has 0 unspecified atom stereocenters. The minimum Gasteiger partial charge on any atom is -0.483 e. The van der Waals surface area contributed by atoms with E-state index in [0.29, 0.717) is 5.82 Å². The van der Waals surface area contributed by atoms with Crippen molar-refractivity contribution in [3.63, 3.8) is 0 Å². The molecule has 0 radical (unpaired) electrons. The van der Waals surface area contributed by atoms with Crippen LogP contribution in [0.3, 0.4) is 0 Å². The van der Waals surface area contributed by atoms with Gasteiger partial charge in [0.25, 0.3) is 6.47 Å². The maximum absolute atomic E-state index is 11.2. The van der Waals surface area contributed by atoms with Gasteiger partial charge in [-0.1, -0.05) is 12.8 Å². The van der Waals surface area contributed by atoms with Crippen LogP contribution in [0.15, 0.2) is 24.5 Å². The number of rotatable bonds is 5. The number of likely N-dealkylation sites (tertiary alicyclic amines) is 1. The summed E-state index contributed by atoms with van der Waals surface area (Å²) in [6.07, 6.45) is 8.54. The lowest BCUT2D eigenvalue weighted by Gasteiger charge is -2.19. The van der Waals surface area contributed by atoms with Crippen molar-refractivity contribution >= 4 is 12.4 Å². The molecule has 1 aliphatic heterocycles. The van der Waals surface area contributed by atoms with Crippen molar-refractivity contribution in [2.45, 2.75) is 38.6 Å². The summed E-state index contributed by atoms with van der Waals surface area (Å²) in [4.78, 5) is 30.6. The maximum atomic E-state index is 11.2. The topological polar surface area (TPSA) is 127 Å². The number of pyridine rings is 1. The molecule has 3 rings (SSSR count). The highest BCUT2D eigenvalue weighted by atomic mass is 16.3. The fourth-order valence-electron chi connectivity index (χ4n) is 2.90. The molecule has 0 saturated carbocycles. The number of aromatic nitrogens is 4. The molecule has 2 aromatic heterocycles. The van der Waals surface area contributed by atoms with Gasteiger partial charge in [0.05, 0.1) is 24.8 Å². The summed E-state index contributed by atoms with van der Waals surface area (Å²) in [5, 5.41) is 11.3. The van der Waals surface area contributed by atoms with Crippen LogP contribution in [-0.4, -0.2) is 55.2 Å². The summed E-state index contributed by atoms with van der Waals surface area (Å²) >= 11 is 0. The molecule has 3 N–H and O–H groups in total. The van der Waals surface area contributed by atoms with E-state index in [2.05, 4.69) is 20.0 Å². The average Bonchev–Trinajstić information content (AvgIpc) is 2.82. The summed E-state index contributed by atoms with van der Waals surface area (Å²) in [5.74, 6) is 0.872. The SMILES string of the molecule is NC(=O)Cc1nc(CN2CCCCCC2)n(-c2cccnc2)n1.O=CO. The molecule has 1 fully saturated rings. The first-order valence-electron chi connectivity index (χ1n) is 8.57. The molecular formula is C17H24N6O3. The molecular weight excluding hydrogens is 336 g/mol. The number of carbonyl (C=O) groups excluding carboxylic acids is 1. The molecule has 9 heteroatoms. The molecule has 2 aromatic rings. The number of nitrogens with zero attached hydrogens (tertiary/aromatic N) is 5. The van der Waals surface area contributed by atoms with Gasteiger partial charge in [-0.15, -0.1) is 0 Å². The second kappa shape index (κ2) is 10.2. The smallest absolute Gasteiger partial charge is 0.290 e. The zero-order valence-corrected chi connectivity index (χ0v) is 14.6. The van der Waals surface area contributed by atoms with Crippen molar-refractivity contribution in [1.82, 2.24) is 24.6 Å². The van der Waals surface area contributed by atoms with Gasteiger partial charge in [0.15, 0.2) is 5.82 Å². The number of nitrogens with two attached hydrogens (primary N) is 1. The third-order valence-corrected chi connectivity index (χ3v) is 4.00. The summed E-state index contributed by atoms with van der Waals surface area (Å²) in [7, 11) is 0. The molecule has 1 aliphatic rings. The Morgan fingerprint density at radius 1 is 1.27 bits per heavy atom. The van der Waals surface area contributed by atoms with Crippen LogP contribution in [0.2, 0.25) is 0 Å². The normalized spacial score (nSPS) is 14.8. The van der Waals surface area contributed by atoms with Crippen LogP contribution < -0.4 is 5.73 Å². The van der Waals surface area contributed by atoms with Crippen LogP contribution in [0.25, 0.3) is 5.69 Å². The first-order valence-corrected chi connectivity index (χ1v) is 8.57. The Kier molecular flexibility index (Phi) is 7.69. The fourth-order valence-corrected chi connectivity index (χ4v) is 2.90. The van der Waals surface area contributed by atoms with E-state index in [1.54, 1.807) is 17.1 Å². The first kappa shape index (κ1) is 19.5. The Hall–Kier alpha value is -2.81. The van der Waals surface area contributed by atoms with Gasteiger partial charge >= 0.3 is 0 Å².